The summed E-state index contributed by atoms with van der Waals surface area (Å²) in [5.74, 6) is 1.99. The minimum absolute atomic E-state index is 0.292. The Bertz CT molecular complexity index is 785. The largest absolute Gasteiger partial charge is 0.360 e. The molecular formula is C15H14FN5O. The van der Waals surface area contributed by atoms with Crippen molar-refractivity contribution in [3.05, 3.63) is 53.7 Å². The van der Waals surface area contributed by atoms with E-state index in [0.29, 0.717) is 29.0 Å². The number of aryl methyl sites for hydroxylation is 2. The zero-order chi connectivity index (χ0) is 15.5. The third-order valence-electron chi connectivity index (χ3n) is 2.84. The van der Waals surface area contributed by atoms with Crippen LogP contribution in [-0.4, -0.2) is 15.1 Å². The first kappa shape index (κ1) is 14.0. The van der Waals surface area contributed by atoms with Crippen molar-refractivity contribution in [1.29, 1.82) is 0 Å². The van der Waals surface area contributed by atoms with Crippen LogP contribution in [0.25, 0.3) is 0 Å². The van der Waals surface area contributed by atoms with Crippen molar-refractivity contribution in [3.63, 3.8) is 0 Å². The molecular weight excluding hydrogens is 285 g/mol. The maximum absolute atomic E-state index is 12.9. The zero-order valence-corrected chi connectivity index (χ0v) is 12.1. The second-order valence-corrected chi connectivity index (χ2v) is 4.80. The first-order chi connectivity index (χ1) is 10.6. The maximum atomic E-state index is 12.9. The van der Waals surface area contributed by atoms with E-state index >= 15 is 0 Å². The molecule has 22 heavy (non-hydrogen) atoms. The summed E-state index contributed by atoms with van der Waals surface area (Å²) in [4.78, 5) is 8.65. The molecule has 3 rings (SSSR count). The summed E-state index contributed by atoms with van der Waals surface area (Å²) < 4.78 is 17.9. The Balaban J connectivity index is 1.81. The van der Waals surface area contributed by atoms with Crippen molar-refractivity contribution < 1.29 is 8.91 Å². The highest BCUT2D eigenvalue weighted by Crippen LogP contribution is 2.19. The van der Waals surface area contributed by atoms with E-state index in [2.05, 4.69) is 25.8 Å². The van der Waals surface area contributed by atoms with E-state index in [1.807, 2.05) is 13.8 Å². The number of benzene rings is 1. The van der Waals surface area contributed by atoms with E-state index in [0.717, 1.165) is 5.69 Å². The topological polar surface area (TPSA) is 75.9 Å². The normalized spacial score (nSPS) is 10.5. The Morgan fingerprint density at radius 2 is 1.73 bits per heavy atom. The lowest BCUT2D eigenvalue weighted by atomic mass is 10.3. The summed E-state index contributed by atoms with van der Waals surface area (Å²) in [7, 11) is 0. The van der Waals surface area contributed by atoms with Crippen LogP contribution in [-0.2, 0) is 0 Å². The first-order valence-corrected chi connectivity index (χ1v) is 6.67. The second-order valence-electron chi connectivity index (χ2n) is 4.80. The van der Waals surface area contributed by atoms with Gasteiger partial charge in [-0.1, -0.05) is 5.16 Å². The molecule has 0 aliphatic rings. The average molecular weight is 299 g/mol. The molecule has 0 bridgehead atoms. The molecule has 0 spiro atoms. The number of anilines is 4. The van der Waals surface area contributed by atoms with Gasteiger partial charge in [-0.2, -0.15) is 4.98 Å². The summed E-state index contributed by atoms with van der Waals surface area (Å²) in [6, 6.07) is 9.54. The van der Waals surface area contributed by atoms with Gasteiger partial charge in [0.25, 0.3) is 0 Å². The minimum Gasteiger partial charge on any atom is -0.360 e. The van der Waals surface area contributed by atoms with Crippen LogP contribution < -0.4 is 10.6 Å². The van der Waals surface area contributed by atoms with Gasteiger partial charge in [-0.25, -0.2) is 9.37 Å². The van der Waals surface area contributed by atoms with Crippen LogP contribution in [0, 0.1) is 19.7 Å². The smallest absolute Gasteiger partial charge is 0.229 e. The van der Waals surface area contributed by atoms with Gasteiger partial charge in [0.1, 0.15) is 17.4 Å². The van der Waals surface area contributed by atoms with Crippen LogP contribution in [0.5, 0.6) is 0 Å². The Morgan fingerprint density at radius 3 is 2.41 bits per heavy atom. The van der Waals surface area contributed by atoms with Gasteiger partial charge in [0.05, 0.1) is 0 Å². The van der Waals surface area contributed by atoms with E-state index in [1.54, 1.807) is 24.3 Å². The average Bonchev–Trinajstić information content (AvgIpc) is 2.86. The summed E-state index contributed by atoms with van der Waals surface area (Å²) in [6.45, 7) is 3.67. The van der Waals surface area contributed by atoms with Crippen molar-refractivity contribution in [1.82, 2.24) is 15.1 Å². The summed E-state index contributed by atoms with van der Waals surface area (Å²) in [5.41, 5.74) is 1.48. The van der Waals surface area contributed by atoms with Crippen LogP contribution in [0.3, 0.4) is 0 Å². The van der Waals surface area contributed by atoms with Crippen molar-refractivity contribution in [2.24, 2.45) is 0 Å². The number of nitrogens with zero attached hydrogens (tertiary/aromatic N) is 3. The molecule has 0 radical (unpaired) electrons. The molecule has 112 valence electrons. The molecule has 0 atom stereocenters. The van der Waals surface area contributed by atoms with Crippen LogP contribution >= 0.6 is 0 Å². The van der Waals surface area contributed by atoms with Crippen molar-refractivity contribution in [2.45, 2.75) is 13.8 Å². The third kappa shape index (κ3) is 3.38. The monoisotopic (exact) mass is 299 g/mol. The predicted octanol–water partition coefficient (Wildman–Crippen LogP) is 3.71. The highest BCUT2D eigenvalue weighted by Gasteiger charge is 2.06. The van der Waals surface area contributed by atoms with Crippen LogP contribution in [0.1, 0.15) is 11.5 Å². The minimum atomic E-state index is -0.292. The predicted molar refractivity (Wildman–Crippen MR) is 81.0 cm³/mol. The number of nitrogens with one attached hydrogen (secondary N) is 2. The molecule has 0 saturated carbocycles. The summed E-state index contributed by atoms with van der Waals surface area (Å²) in [6.07, 6.45) is 0. The number of aromatic nitrogens is 3. The van der Waals surface area contributed by atoms with Gasteiger partial charge in [0, 0.05) is 23.5 Å². The molecule has 6 nitrogen and oxygen atoms in total. The van der Waals surface area contributed by atoms with Crippen molar-refractivity contribution in [3.8, 4) is 0 Å². The lowest BCUT2D eigenvalue weighted by molar-refractivity contribution is 0.400. The summed E-state index contributed by atoms with van der Waals surface area (Å²) >= 11 is 0. The number of halogens is 1. The van der Waals surface area contributed by atoms with E-state index in [-0.39, 0.29) is 5.82 Å². The molecule has 2 N–H and O–H groups in total. The Labute approximate surface area is 126 Å². The summed E-state index contributed by atoms with van der Waals surface area (Å²) in [5, 5.41) is 9.93. The molecule has 0 aliphatic carbocycles. The lowest BCUT2D eigenvalue weighted by Gasteiger charge is -2.08. The van der Waals surface area contributed by atoms with Crippen LogP contribution in [0.15, 0.2) is 40.9 Å². The molecule has 0 fully saturated rings. The standard InChI is InChI=1S/C15H14FN5O/c1-9-7-13(19-14-8-10(2)22-21-14)20-15(17-9)18-12-5-3-11(16)4-6-12/h3-8H,1-2H3,(H2,17,18,19,20,21). The van der Waals surface area contributed by atoms with Gasteiger partial charge in [0.2, 0.25) is 5.95 Å². The van der Waals surface area contributed by atoms with Crippen LogP contribution in [0.2, 0.25) is 0 Å². The third-order valence-corrected chi connectivity index (χ3v) is 2.84. The molecule has 0 amide bonds. The molecule has 7 heteroatoms. The molecule has 2 heterocycles. The highest BCUT2D eigenvalue weighted by atomic mass is 19.1. The number of hydrogen-bond acceptors (Lipinski definition) is 6. The van der Waals surface area contributed by atoms with E-state index in [9.17, 15) is 4.39 Å². The second kappa shape index (κ2) is 5.80. The van der Waals surface area contributed by atoms with Crippen molar-refractivity contribution >= 4 is 23.3 Å². The molecule has 2 aromatic heterocycles. The number of rotatable bonds is 4. The van der Waals surface area contributed by atoms with Gasteiger partial charge >= 0.3 is 0 Å². The quantitative estimate of drug-likeness (QED) is 0.765. The molecule has 0 unspecified atom stereocenters. The fraction of sp³-hybridized carbons (Fsp3) is 0.133. The van der Waals surface area contributed by atoms with Gasteiger partial charge in [0.15, 0.2) is 5.82 Å². The Kier molecular flexibility index (Phi) is 3.69. The van der Waals surface area contributed by atoms with Gasteiger partial charge in [-0.3, -0.25) is 0 Å². The SMILES string of the molecule is Cc1cc(Nc2cc(C)on2)nc(Nc2ccc(F)cc2)n1. The zero-order valence-electron chi connectivity index (χ0n) is 12.1. The fourth-order valence-corrected chi connectivity index (χ4v) is 1.91. The van der Waals surface area contributed by atoms with Crippen molar-refractivity contribution in [2.75, 3.05) is 10.6 Å². The van der Waals surface area contributed by atoms with E-state index < -0.39 is 0 Å². The lowest BCUT2D eigenvalue weighted by Crippen LogP contribution is -2.02. The van der Waals surface area contributed by atoms with E-state index in [1.165, 1.54) is 12.1 Å². The van der Waals surface area contributed by atoms with Gasteiger partial charge in [-0.15, -0.1) is 0 Å². The highest BCUT2D eigenvalue weighted by molar-refractivity contribution is 5.58. The molecule has 0 aliphatic heterocycles. The Morgan fingerprint density at radius 1 is 0.955 bits per heavy atom. The Hall–Kier alpha value is -2.96. The van der Waals surface area contributed by atoms with Gasteiger partial charge in [-0.05, 0) is 38.1 Å². The first-order valence-electron chi connectivity index (χ1n) is 6.67. The fourth-order valence-electron chi connectivity index (χ4n) is 1.91. The van der Waals surface area contributed by atoms with E-state index in [4.69, 9.17) is 4.52 Å². The molecule has 0 saturated heterocycles. The van der Waals surface area contributed by atoms with Gasteiger partial charge < -0.3 is 15.2 Å². The number of hydrogen-bond donors (Lipinski definition) is 2. The molecule has 1 aromatic carbocycles. The maximum Gasteiger partial charge on any atom is 0.229 e. The molecule has 3 aromatic rings. The van der Waals surface area contributed by atoms with Crippen LogP contribution in [0.4, 0.5) is 27.7 Å².